The molecule has 0 unspecified atom stereocenters. The highest BCUT2D eigenvalue weighted by Crippen LogP contribution is 2.13. The lowest BCUT2D eigenvalue weighted by Gasteiger charge is -2.05. The molecule has 0 saturated carbocycles. The number of hydrogen-bond acceptors (Lipinski definition) is 4. The van der Waals surface area contributed by atoms with Crippen LogP contribution in [0, 0.1) is 0 Å². The fourth-order valence-electron chi connectivity index (χ4n) is 0.839. The summed E-state index contributed by atoms with van der Waals surface area (Å²) in [6, 6.07) is 3.44. The van der Waals surface area contributed by atoms with E-state index in [-0.39, 0.29) is 0 Å². The number of anilines is 1. The van der Waals surface area contributed by atoms with E-state index >= 15 is 0 Å². The number of hydrogen-bond donors (Lipinski definition) is 2. The molecule has 70 valence electrons. The normalized spacial score (nSPS) is 9.00. The third-order valence-electron chi connectivity index (χ3n) is 1.30. The minimum Gasteiger partial charge on any atom is -0.494 e. The lowest BCUT2D eigenvalue weighted by atomic mass is 10.4. The van der Waals surface area contributed by atoms with E-state index in [0.29, 0.717) is 24.6 Å². The van der Waals surface area contributed by atoms with Crippen molar-refractivity contribution in [3.05, 3.63) is 18.3 Å². The first-order valence-corrected chi connectivity index (χ1v) is 3.91. The summed E-state index contributed by atoms with van der Waals surface area (Å²) in [6.07, 6.45) is 2.13. The average molecular weight is 181 g/mol. The van der Waals surface area contributed by atoms with Crippen molar-refractivity contribution < 1.29 is 9.53 Å². The van der Waals surface area contributed by atoms with Gasteiger partial charge in [0.25, 0.3) is 0 Å². The van der Waals surface area contributed by atoms with Crippen LogP contribution in [0.25, 0.3) is 0 Å². The molecule has 0 fully saturated rings. The van der Waals surface area contributed by atoms with Gasteiger partial charge in [-0.1, -0.05) is 0 Å². The zero-order chi connectivity index (χ0) is 9.52. The number of rotatable bonds is 5. The molecule has 0 atom stereocenters. The third-order valence-corrected chi connectivity index (χ3v) is 1.30. The monoisotopic (exact) mass is 181 g/mol. The van der Waals surface area contributed by atoms with Gasteiger partial charge >= 0.3 is 0 Å². The number of carbonyl (C=O) groups is 1. The molecule has 5 heteroatoms. The Bertz CT molecular complexity index is 278. The topological polar surface area (TPSA) is 63.2 Å². The highest BCUT2D eigenvalue weighted by molar-refractivity contribution is 5.51. The first-order valence-electron chi connectivity index (χ1n) is 3.91. The molecular formula is C8H11N3O2. The Balaban J connectivity index is 2.61. The Hall–Kier alpha value is -1.78. The van der Waals surface area contributed by atoms with E-state index in [4.69, 9.17) is 4.74 Å². The molecule has 13 heavy (non-hydrogen) atoms. The molecule has 5 nitrogen and oxygen atoms in total. The van der Waals surface area contributed by atoms with Crippen LogP contribution in [0.15, 0.2) is 18.3 Å². The maximum atomic E-state index is 9.96. The summed E-state index contributed by atoms with van der Waals surface area (Å²) < 4.78 is 5.23. The minimum absolute atomic E-state index is 0.537. The first-order chi connectivity index (χ1) is 6.36. The smallest absolute Gasteiger partial charge is 0.225 e. The average Bonchev–Trinajstić information content (AvgIpc) is 2.16. The van der Waals surface area contributed by atoms with Crippen molar-refractivity contribution in [1.29, 1.82) is 0 Å². The predicted molar refractivity (Wildman–Crippen MR) is 48.2 cm³/mol. The molecule has 0 spiro atoms. The molecular weight excluding hydrogens is 170 g/mol. The van der Waals surface area contributed by atoms with Crippen LogP contribution in [-0.4, -0.2) is 18.0 Å². The van der Waals surface area contributed by atoms with Crippen molar-refractivity contribution in [3.8, 4) is 5.75 Å². The summed E-state index contributed by atoms with van der Waals surface area (Å²) in [6.45, 7) is 2.50. The minimum atomic E-state index is 0.537. The van der Waals surface area contributed by atoms with Gasteiger partial charge in [-0.25, -0.2) is 4.98 Å². The van der Waals surface area contributed by atoms with E-state index in [1.54, 1.807) is 18.3 Å². The number of aromatic nitrogens is 1. The summed E-state index contributed by atoms with van der Waals surface area (Å²) in [5.74, 6) is 1.26. The van der Waals surface area contributed by atoms with Gasteiger partial charge < -0.3 is 4.74 Å². The molecule has 0 aliphatic heterocycles. The largest absolute Gasteiger partial charge is 0.494 e. The van der Waals surface area contributed by atoms with Gasteiger partial charge in [-0.05, 0) is 13.0 Å². The maximum absolute atomic E-state index is 9.96. The summed E-state index contributed by atoms with van der Waals surface area (Å²) in [5, 5.41) is 0. The summed E-state index contributed by atoms with van der Waals surface area (Å²) in [4.78, 5) is 13.9. The summed E-state index contributed by atoms with van der Waals surface area (Å²) in [7, 11) is 0. The SMILES string of the molecule is CCOc1ccnc(NNC=O)c1. The van der Waals surface area contributed by atoms with Crippen molar-refractivity contribution >= 4 is 12.2 Å². The molecule has 0 aliphatic rings. The third kappa shape index (κ3) is 2.98. The zero-order valence-electron chi connectivity index (χ0n) is 7.28. The van der Waals surface area contributed by atoms with Crippen molar-refractivity contribution in [3.63, 3.8) is 0 Å². The van der Waals surface area contributed by atoms with Crippen molar-refractivity contribution in [2.75, 3.05) is 12.0 Å². The number of pyridine rings is 1. The van der Waals surface area contributed by atoms with Crippen LogP contribution in [0.1, 0.15) is 6.92 Å². The number of nitrogens with zero attached hydrogens (tertiary/aromatic N) is 1. The Morgan fingerprint density at radius 1 is 1.69 bits per heavy atom. The van der Waals surface area contributed by atoms with Gasteiger partial charge in [-0.15, -0.1) is 0 Å². The lowest BCUT2D eigenvalue weighted by molar-refractivity contribution is -0.109. The molecule has 1 aromatic rings. The van der Waals surface area contributed by atoms with Crippen LogP contribution in [0.5, 0.6) is 5.75 Å². The highest BCUT2D eigenvalue weighted by atomic mass is 16.5. The maximum Gasteiger partial charge on any atom is 0.225 e. The van der Waals surface area contributed by atoms with Crippen LogP contribution in [-0.2, 0) is 4.79 Å². The van der Waals surface area contributed by atoms with Gasteiger partial charge in [0, 0.05) is 12.3 Å². The van der Waals surface area contributed by atoms with Crippen LogP contribution in [0.3, 0.4) is 0 Å². The molecule has 1 amide bonds. The van der Waals surface area contributed by atoms with Gasteiger partial charge in [0.2, 0.25) is 6.41 Å². The predicted octanol–water partition coefficient (Wildman–Crippen LogP) is 0.553. The van der Waals surface area contributed by atoms with Crippen LogP contribution in [0.2, 0.25) is 0 Å². The van der Waals surface area contributed by atoms with Crippen molar-refractivity contribution in [2.45, 2.75) is 6.92 Å². The molecule has 0 aromatic carbocycles. The number of nitrogens with one attached hydrogen (secondary N) is 2. The quantitative estimate of drug-likeness (QED) is 0.514. The molecule has 1 heterocycles. The number of amides is 1. The second kappa shape index (κ2) is 4.97. The molecule has 1 rings (SSSR count). The Morgan fingerprint density at radius 2 is 2.54 bits per heavy atom. The standard InChI is InChI=1S/C8H11N3O2/c1-2-13-7-3-4-9-8(5-7)11-10-6-12/h3-6H,2H2,1H3,(H,9,11)(H,10,12). The second-order valence-electron chi connectivity index (χ2n) is 2.20. The Kier molecular flexibility index (Phi) is 3.56. The van der Waals surface area contributed by atoms with E-state index in [1.165, 1.54) is 0 Å². The van der Waals surface area contributed by atoms with Gasteiger partial charge in [-0.2, -0.15) is 0 Å². The van der Waals surface area contributed by atoms with Gasteiger partial charge in [0.15, 0.2) is 0 Å². The van der Waals surface area contributed by atoms with Crippen LogP contribution < -0.4 is 15.6 Å². The van der Waals surface area contributed by atoms with Gasteiger partial charge in [0.05, 0.1) is 6.61 Å². The molecule has 2 N–H and O–H groups in total. The fourth-order valence-corrected chi connectivity index (χ4v) is 0.839. The Labute approximate surface area is 76.1 Å². The highest BCUT2D eigenvalue weighted by Gasteiger charge is 1.95. The first kappa shape index (κ1) is 9.31. The summed E-state index contributed by atoms with van der Waals surface area (Å²) >= 11 is 0. The van der Waals surface area contributed by atoms with E-state index in [0.717, 1.165) is 0 Å². The molecule has 0 aliphatic carbocycles. The van der Waals surface area contributed by atoms with E-state index in [9.17, 15) is 4.79 Å². The Morgan fingerprint density at radius 3 is 3.23 bits per heavy atom. The second-order valence-corrected chi connectivity index (χ2v) is 2.20. The van der Waals surface area contributed by atoms with E-state index in [2.05, 4.69) is 15.8 Å². The molecule has 0 radical (unpaired) electrons. The molecule has 1 aromatic heterocycles. The lowest BCUT2D eigenvalue weighted by Crippen LogP contribution is -2.19. The summed E-state index contributed by atoms with van der Waals surface area (Å²) in [5.41, 5.74) is 4.87. The molecule has 0 bridgehead atoms. The molecule has 0 saturated heterocycles. The number of hydrazine groups is 1. The van der Waals surface area contributed by atoms with Crippen molar-refractivity contribution in [1.82, 2.24) is 10.4 Å². The zero-order valence-corrected chi connectivity index (χ0v) is 7.28. The van der Waals surface area contributed by atoms with Crippen molar-refractivity contribution in [2.24, 2.45) is 0 Å². The van der Waals surface area contributed by atoms with E-state index < -0.39 is 0 Å². The number of carbonyl (C=O) groups excluding carboxylic acids is 1. The van der Waals surface area contributed by atoms with Gasteiger partial charge in [0.1, 0.15) is 11.6 Å². The van der Waals surface area contributed by atoms with E-state index in [1.807, 2.05) is 6.92 Å². The van der Waals surface area contributed by atoms with Crippen LogP contribution in [0.4, 0.5) is 5.82 Å². The number of ether oxygens (including phenoxy) is 1. The van der Waals surface area contributed by atoms with Gasteiger partial charge in [-0.3, -0.25) is 15.6 Å². The van der Waals surface area contributed by atoms with Crippen LogP contribution >= 0.6 is 0 Å². The fraction of sp³-hybridized carbons (Fsp3) is 0.250.